The van der Waals surface area contributed by atoms with Crippen molar-refractivity contribution in [3.8, 4) is 0 Å². The lowest BCUT2D eigenvalue weighted by Crippen LogP contribution is -2.40. The summed E-state index contributed by atoms with van der Waals surface area (Å²) in [5.41, 5.74) is 1.58. The van der Waals surface area contributed by atoms with Gasteiger partial charge in [0.05, 0.1) is 11.5 Å². The fourth-order valence-corrected chi connectivity index (χ4v) is 5.78. The maximum absolute atomic E-state index is 11.0. The first kappa shape index (κ1) is 25.4. The van der Waals surface area contributed by atoms with Crippen LogP contribution in [0.1, 0.15) is 60.0 Å². The van der Waals surface area contributed by atoms with E-state index in [1.54, 1.807) is 24.3 Å². The van der Waals surface area contributed by atoms with Gasteiger partial charge in [-0.15, -0.1) is 0 Å². The van der Waals surface area contributed by atoms with Gasteiger partial charge in [-0.1, -0.05) is 24.3 Å². The minimum atomic E-state index is -4.20. The van der Waals surface area contributed by atoms with Gasteiger partial charge in [0.2, 0.25) is 0 Å². The summed E-state index contributed by atoms with van der Waals surface area (Å²) < 4.78 is 62.0. The number of aliphatic hydroxyl groups is 4. The van der Waals surface area contributed by atoms with E-state index in [4.69, 9.17) is 9.11 Å². The second kappa shape index (κ2) is 9.05. The van der Waals surface area contributed by atoms with Gasteiger partial charge >= 0.3 is 0 Å². The van der Waals surface area contributed by atoms with E-state index in [1.165, 1.54) is 9.80 Å². The molecule has 2 aromatic rings. The van der Waals surface area contributed by atoms with Crippen LogP contribution in [0.15, 0.2) is 24.3 Å². The molecule has 14 heteroatoms. The first-order valence-electron chi connectivity index (χ1n) is 10.5. The number of nitrogens with zero attached hydrogens (tertiary/aromatic N) is 2. The van der Waals surface area contributed by atoms with Crippen LogP contribution in [-0.2, 0) is 20.2 Å². The fourth-order valence-electron chi connectivity index (χ4n) is 4.79. The Morgan fingerprint density at radius 1 is 0.588 bits per heavy atom. The summed E-state index contributed by atoms with van der Waals surface area (Å²) in [6.07, 6.45) is -5.30. The summed E-state index contributed by atoms with van der Waals surface area (Å²) in [7, 11) is -8.40. The smallest absolute Gasteiger partial charge is 0.264 e. The summed E-state index contributed by atoms with van der Waals surface area (Å²) in [5, 5.41) is 44.6. The van der Waals surface area contributed by atoms with E-state index in [0.29, 0.717) is 33.0 Å². The average Bonchev–Trinajstić information content (AvgIpc) is 2.73. The molecule has 0 saturated heterocycles. The molecule has 0 amide bonds. The van der Waals surface area contributed by atoms with Crippen molar-refractivity contribution in [3.63, 3.8) is 0 Å². The van der Waals surface area contributed by atoms with Crippen LogP contribution in [0.3, 0.4) is 0 Å². The SMILES string of the molecule is O=S(=O)(O)CCCN1C(O)c2ccc3c4c(ccc(c24)C1O)C(O)N(CCCS(=O)(=O)O)C3O. The molecule has 4 atom stereocenters. The highest BCUT2D eigenvalue weighted by atomic mass is 32.2. The molecule has 6 N–H and O–H groups in total. The Bertz CT molecular complexity index is 1160. The Kier molecular flexibility index (Phi) is 6.76. The minimum Gasteiger partial charge on any atom is -0.374 e. The number of benzene rings is 2. The van der Waals surface area contributed by atoms with Gasteiger partial charge in [0, 0.05) is 35.3 Å². The topological polar surface area (TPSA) is 196 Å². The second-order valence-electron chi connectivity index (χ2n) is 8.49. The molecule has 188 valence electrons. The third kappa shape index (κ3) is 4.70. The van der Waals surface area contributed by atoms with Crippen molar-refractivity contribution in [2.75, 3.05) is 24.6 Å². The first-order valence-corrected chi connectivity index (χ1v) is 13.8. The summed E-state index contributed by atoms with van der Waals surface area (Å²) >= 11 is 0. The first-order chi connectivity index (χ1) is 15.8. The molecule has 12 nitrogen and oxygen atoms in total. The molecule has 0 aromatic heterocycles. The predicted octanol–water partition coefficient (Wildman–Crippen LogP) is -0.00960. The van der Waals surface area contributed by atoms with Crippen LogP contribution in [0.4, 0.5) is 0 Å². The number of rotatable bonds is 8. The van der Waals surface area contributed by atoms with E-state index < -0.39 is 56.7 Å². The molecule has 0 spiro atoms. The molecule has 2 aromatic carbocycles. The Morgan fingerprint density at radius 3 is 1.09 bits per heavy atom. The van der Waals surface area contributed by atoms with E-state index in [0.717, 1.165) is 0 Å². The standard InChI is InChI=1S/C20H26N2O10S2/c23-17-11-3-5-13-16-14(20(26)22(19(13)25)8-2-10-34(30,31)32)6-4-12(15(11)16)18(24)21(17)7-1-9-33(27,28)29/h3-6,17-20,23-26H,1-2,7-10H2,(H,27,28,29)(H,30,31,32). The molecule has 0 radical (unpaired) electrons. The summed E-state index contributed by atoms with van der Waals surface area (Å²) in [4.78, 5) is 2.56. The van der Waals surface area contributed by atoms with Crippen molar-refractivity contribution >= 4 is 31.0 Å². The Morgan fingerprint density at radius 2 is 0.853 bits per heavy atom. The fraction of sp³-hybridized carbons (Fsp3) is 0.500. The summed E-state index contributed by atoms with van der Waals surface area (Å²) in [5.74, 6) is -1.07. The Hall–Kier alpha value is -1.72. The van der Waals surface area contributed by atoms with Crippen LogP contribution in [0.25, 0.3) is 10.8 Å². The summed E-state index contributed by atoms with van der Waals surface area (Å²) in [6, 6.07) is 6.26. The summed E-state index contributed by atoms with van der Waals surface area (Å²) in [6.45, 7) is -0.0568. The molecular weight excluding hydrogens is 492 g/mol. The van der Waals surface area contributed by atoms with Gasteiger partial charge in [-0.05, 0) is 23.6 Å². The van der Waals surface area contributed by atoms with Crippen LogP contribution in [0.5, 0.6) is 0 Å². The zero-order chi connectivity index (χ0) is 25.0. The minimum absolute atomic E-state index is 0.0284. The normalized spacial score (nSPS) is 25.7. The van der Waals surface area contributed by atoms with E-state index in [1.807, 2.05) is 0 Å². The van der Waals surface area contributed by atoms with E-state index in [2.05, 4.69) is 0 Å². The molecular formula is C20H26N2O10S2. The second-order valence-corrected chi connectivity index (χ2v) is 11.6. The molecule has 4 unspecified atom stereocenters. The van der Waals surface area contributed by atoms with Gasteiger partial charge in [0.25, 0.3) is 20.2 Å². The molecule has 0 aliphatic carbocycles. The van der Waals surface area contributed by atoms with Gasteiger partial charge in [-0.25, -0.2) is 9.80 Å². The highest BCUT2D eigenvalue weighted by Gasteiger charge is 2.39. The lowest BCUT2D eigenvalue weighted by Gasteiger charge is -2.42. The quantitative estimate of drug-likeness (QED) is 0.256. The third-order valence-electron chi connectivity index (χ3n) is 6.30. The van der Waals surface area contributed by atoms with Crippen LogP contribution < -0.4 is 0 Å². The van der Waals surface area contributed by atoms with Crippen LogP contribution in [-0.4, -0.2) is 80.8 Å². The highest BCUT2D eigenvalue weighted by Crippen LogP contribution is 2.48. The number of hydrogen-bond acceptors (Lipinski definition) is 10. The molecule has 2 heterocycles. The molecule has 4 rings (SSSR count). The highest BCUT2D eigenvalue weighted by molar-refractivity contribution is 7.86. The van der Waals surface area contributed by atoms with Crippen LogP contribution >= 0.6 is 0 Å². The molecule has 2 aliphatic rings. The van der Waals surface area contributed by atoms with Crippen LogP contribution in [0.2, 0.25) is 0 Å². The van der Waals surface area contributed by atoms with Gasteiger partial charge < -0.3 is 20.4 Å². The van der Waals surface area contributed by atoms with Crippen molar-refractivity contribution in [2.24, 2.45) is 0 Å². The van der Waals surface area contributed by atoms with E-state index in [-0.39, 0.29) is 25.9 Å². The van der Waals surface area contributed by atoms with Crippen molar-refractivity contribution in [1.82, 2.24) is 9.80 Å². The van der Waals surface area contributed by atoms with Crippen molar-refractivity contribution < 1.29 is 46.4 Å². The van der Waals surface area contributed by atoms with E-state index >= 15 is 0 Å². The van der Waals surface area contributed by atoms with Crippen molar-refractivity contribution in [1.29, 1.82) is 0 Å². The molecule has 34 heavy (non-hydrogen) atoms. The molecule has 0 saturated carbocycles. The molecule has 0 bridgehead atoms. The van der Waals surface area contributed by atoms with Gasteiger partial charge in [0.1, 0.15) is 24.9 Å². The van der Waals surface area contributed by atoms with Crippen molar-refractivity contribution in [2.45, 2.75) is 37.8 Å². The monoisotopic (exact) mass is 518 g/mol. The van der Waals surface area contributed by atoms with Gasteiger partial charge in [-0.3, -0.25) is 9.11 Å². The molecule has 2 aliphatic heterocycles. The third-order valence-corrected chi connectivity index (χ3v) is 7.91. The number of aliphatic hydroxyl groups excluding tert-OH is 4. The van der Waals surface area contributed by atoms with Gasteiger partial charge in [-0.2, -0.15) is 16.8 Å². The lowest BCUT2D eigenvalue weighted by atomic mass is 9.84. The van der Waals surface area contributed by atoms with Crippen molar-refractivity contribution in [3.05, 3.63) is 46.5 Å². The van der Waals surface area contributed by atoms with Crippen LogP contribution in [0, 0.1) is 0 Å². The maximum atomic E-state index is 11.0. The molecule has 0 fully saturated rings. The number of hydrogen-bond donors (Lipinski definition) is 6. The Labute approximate surface area is 196 Å². The Balaban J connectivity index is 1.69. The average molecular weight is 519 g/mol. The zero-order valence-corrected chi connectivity index (χ0v) is 19.5. The van der Waals surface area contributed by atoms with E-state index in [9.17, 15) is 37.3 Å². The zero-order valence-electron chi connectivity index (χ0n) is 17.9. The maximum Gasteiger partial charge on any atom is 0.264 e. The predicted molar refractivity (Wildman–Crippen MR) is 119 cm³/mol. The lowest BCUT2D eigenvalue weighted by molar-refractivity contribution is -0.114. The van der Waals surface area contributed by atoms with Gasteiger partial charge in [0.15, 0.2) is 0 Å². The largest absolute Gasteiger partial charge is 0.374 e.